The zero-order valence-electron chi connectivity index (χ0n) is 12.1. The number of carbonyl (C=O) groups is 1. The zero-order chi connectivity index (χ0) is 15.8. The van der Waals surface area contributed by atoms with E-state index in [0.29, 0.717) is 12.0 Å². The van der Waals surface area contributed by atoms with Gasteiger partial charge in [-0.05, 0) is 12.1 Å². The molecule has 0 saturated carbocycles. The van der Waals surface area contributed by atoms with Crippen molar-refractivity contribution in [1.29, 1.82) is 0 Å². The van der Waals surface area contributed by atoms with Gasteiger partial charge in [-0.2, -0.15) is 4.98 Å². The van der Waals surface area contributed by atoms with Gasteiger partial charge < -0.3 is 14.2 Å². The third-order valence-electron chi connectivity index (χ3n) is 3.89. The van der Waals surface area contributed by atoms with Gasteiger partial charge >= 0.3 is 12.0 Å². The Morgan fingerprint density at radius 1 is 1.30 bits per heavy atom. The van der Waals surface area contributed by atoms with Crippen molar-refractivity contribution in [3.05, 3.63) is 58.5 Å². The van der Waals surface area contributed by atoms with E-state index in [1.54, 1.807) is 35.0 Å². The predicted octanol–water partition coefficient (Wildman–Crippen LogP) is 1.15. The fourth-order valence-corrected chi connectivity index (χ4v) is 2.81. The first-order chi connectivity index (χ1) is 11.2. The van der Waals surface area contributed by atoms with E-state index < -0.39 is 0 Å². The number of hydrogen-bond acceptors (Lipinski definition) is 6. The molecule has 3 atom stereocenters. The molecule has 3 heterocycles. The lowest BCUT2D eigenvalue weighted by Crippen LogP contribution is -2.20. The number of benzene rings is 1. The maximum absolute atomic E-state index is 11.9. The highest BCUT2D eigenvalue weighted by atomic mass is 16.6. The summed E-state index contributed by atoms with van der Waals surface area (Å²) < 4.78 is 18.5. The average Bonchev–Trinajstić information content (AvgIpc) is 3.10. The number of ether oxygens (including phenoxy) is 3. The fraction of sp³-hybridized carbons (Fsp3) is 0.312. The van der Waals surface area contributed by atoms with Crippen molar-refractivity contribution < 1.29 is 19.0 Å². The summed E-state index contributed by atoms with van der Waals surface area (Å²) in [7, 11) is 0. The first-order valence-corrected chi connectivity index (χ1v) is 7.34. The number of rotatable bonds is 3. The number of aromatic nitrogens is 2. The van der Waals surface area contributed by atoms with Gasteiger partial charge in [-0.3, -0.25) is 9.36 Å². The van der Waals surface area contributed by atoms with Crippen LogP contribution >= 0.6 is 0 Å². The van der Waals surface area contributed by atoms with Crippen LogP contribution in [0.15, 0.2) is 47.4 Å². The van der Waals surface area contributed by atoms with Crippen LogP contribution < -0.4 is 10.3 Å². The molecule has 2 aliphatic heterocycles. The van der Waals surface area contributed by atoms with Crippen molar-refractivity contribution in [2.75, 3.05) is 6.61 Å². The summed E-state index contributed by atoms with van der Waals surface area (Å²) in [5.41, 5.74) is 0.165. The molecule has 7 nitrogen and oxygen atoms in total. The normalized spacial score (nSPS) is 24.6. The average molecular weight is 314 g/mol. The summed E-state index contributed by atoms with van der Waals surface area (Å²) in [4.78, 5) is 26.9. The lowest BCUT2D eigenvalue weighted by atomic mass is 10.2. The van der Waals surface area contributed by atoms with Gasteiger partial charge in [0.2, 0.25) is 0 Å². The van der Waals surface area contributed by atoms with Gasteiger partial charge in [-0.1, -0.05) is 18.2 Å². The van der Waals surface area contributed by atoms with Crippen LogP contribution in [0, 0.1) is 0 Å². The quantitative estimate of drug-likeness (QED) is 0.791. The molecule has 4 rings (SSSR count). The Hall–Kier alpha value is -2.67. The SMILES string of the molecule is O=C(OC[C@@H]1C[C@@H]2Oc3nc(=O)ccn3[C@@H]2O1)c1ccccc1. The standard InChI is InChI=1S/C16H14N2O5/c19-13-6-7-18-14-12(23-16(18)17-13)8-11(22-14)9-21-15(20)10-4-2-1-3-5-10/h1-7,11-12,14H,8-9H2/t11-,12-,14+/m0/s1. The maximum Gasteiger partial charge on any atom is 0.338 e. The smallest absolute Gasteiger partial charge is 0.338 e. The van der Waals surface area contributed by atoms with Gasteiger partial charge in [0, 0.05) is 18.7 Å². The van der Waals surface area contributed by atoms with Gasteiger partial charge in [-0.25, -0.2) is 4.79 Å². The van der Waals surface area contributed by atoms with Gasteiger partial charge in [0.1, 0.15) is 12.7 Å². The molecule has 0 bridgehead atoms. The van der Waals surface area contributed by atoms with Crippen molar-refractivity contribution >= 4 is 5.97 Å². The third kappa shape index (κ3) is 2.59. The molecule has 118 valence electrons. The van der Waals surface area contributed by atoms with E-state index in [2.05, 4.69) is 4.98 Å². The van der Waals surface area contributed by atoms with E-state index in [-0.39, 0.29) is 42.6 Å². The first kappa shape index (κ1) is 14.0. The van der Waals surface area contributed by atoms with Crippen LogP contribution in [0.25, 0.3) is 0 Å². The number of esters is 1. The van der Waals surface area contributed by atoms with E-state index in [1.165, 1.54) is 6.07 Å². The van der Waals surface area contributed by atoms with Crippen LogP contribution in [-0.2, 0) is 9.47 Å². The molecule has 2 aromatic rings. The van der Waals surface area contributed by atoms with Crippen molar-refractivity contribution in [3.63, 3.8) is 0 Å². The molecule has 0 amide bonds. The predicted molar refractivity (Wildman–Crippen MR) is 78.2 cm³/mol. The van der Waals surface area contributed by atoms with Crippen LogP contribution in [0.4, 0.5) is 0 Å². The molecule has 0 radical (unpaired) electrons. The highest BCUT2D eigenvalue weighted by Crippen LogP contribution is 2.38. The molecule has 0 unspecified atom stereocenters. The lowest BCUT2D eigenvalue weighted by molar-refractivity contribution is -0.0343. The van der Waals surface area contributed by atoms with E-state index >= 15 is 0 Å². The van der Waals surface area contributed by atoms with Gasteiger partial charge in [0.15, 0.2) is 6.23 Å². The Morgan fingerprint density at radius 2 is 2.13 bits per heavy atom. The van der Waals surface area contributed by atoms with E-state index in [9.17, 15) is 9.59 Å². The molecular weight excluding hydrogens is 300 g/mol. The monoisotopic (exact) mass is 314 g/mol. The fourth-order valence-electron chi connectivity index (χ4n) is 2.81. The largest absolute Gasteiger partial charge is 0.459 e. The van der Waals surface area contributed by atoms with Crippen LogP contribution in [0.1, 0.15) is 23.0 Å². The minimum Gasteiger partial charge on any atom is -0.459 e. The zero-order valence-corrected chi connectivity index (χ0v) is 12.1. The molecule has 0 N–H and O–H groups in total. The van der Waals surface area contributed by atoms with Gasteiger partial charge in [0.05, 0.1) is 11.7 Å². The third-order valence-corrected chi connectivity index (χ3v) is 3.89. The summed E-state index contributed by atoms with van der Waals surface area (Å²) in [6, 6.07) is 10.4. The molecule has 2 aliphatic rings. The lowest BCUT2D eigenvalue weighted by Gasteiger charge is -2.14. The Balaban J connectivity index is 1.38. The summed E-state index contributed by atoms with van der Waals surface area (Å²) in [5.74, 6) is -0.377. The number of fused-ring (bicyclic) bond motifs is 3. The van der Waals surface area contributed by atoms with E-state index in [1.807, 2.05) is 6.07 Å². The molecule has 1 fully saturated rings. The second kappa shape index (κ2) is 5.51. The Bertz CT molecular complexity index is 789. The topological polar surface area (TPSA) is 79.7 Å². The summed E-state index contributed by atoms with van der Waals surface area (Å²) in [5, 5.41) is 0. The van der Waals surface area contributed by atoms with Crippen molar-refractivity contribution in [1.82, 2.24) is 9.55 Å². The maximum atomic E-state index is 11.9. The molecule has 0 spiro atoms. The Labute approximate surface area is 131 Å². The minimum absolute atomic E-state index is 0.160. The van der Waals surface area contributed by atoms with Gasteiger partial charge in [-0.15, -0.1) is 0 Å². The molecule has 1 aromatic heterocycles. The molecule has 23 heavy (non-hydrogen) atoms. The van der Waals surface area contributed by atoms with Crippen molar-refractivity contribution in [2.24, 2.45) is 0 Å². The molecule has 0 aliphatic carbocycles. The number of hydrogen-bond donors (Lipinski definition) is 0. The number of carbonyl (C=O) groups excluding carboxylic acids is 1. The molecule has 1 aromatic carbocycles. The minimum atomic E-state index is -0.377. The Kier molecular flexibility index (Phi) is 3.34. The van der Waals surface area contributed by atoms with Crippen LogP contribution in [-0.4, -0.2) is 34.3 Å². The van der Waals surface area contributed by atoms with E-state index in [0.717, 1.165) is 0 Å². The highest BCUT2D eigenvalue weighted by molar-refractivity contribution is 5.89. The summed E-state index contributed by atoms with van der Waals surface area (Å²) >= 11 is 0. The first-order valence-electron chi connectivity index (χ1n) is 7.34. The van der Waals surface area contributed by atoms with Gasteiger partial charge in [0.25, 0.3) is 5.56 Å². The molecule has 7 heteroatoms. The second-order valence-corrected chi connectivity index (χ2v) is 5.46. The second-order valence-electron chi connectivity index (χ2n) is 5.46. The summed E-state index contributed by atoms with van der Waals surface area (Å²) in [6.07, 6.45) is 1.38. The van der Waals surface area contributed by atoms with Crippen molar-refractivity contribution in [3.8, 4) is 6.01 Å². The van der Waals surface area contributed by atoms with Crippen molar-refractivity contribution in [2.45, 2.75) is 24.9 Å². The van der Waals surface area contributed by atoms with E-state index in [4.69, 9.17) is 14.2 Å². The van der Waals surface area contributed by atoms with Crippen LogP contribution in [0.3, 0.4) is 0 Å². The summed E-state index contributed by atoms with van der Waals surface area (Å²) in [6.45, 7) is 0.160. The Morgan fingerprint density at radius 3 is 2.96 bits per heavy atom. The highest BCUT2D eigenvalue weighted by Gasteiger charge is 2.44. The number of nitrogens with zero attached hydrogens (tertiary/aromatic N) is 2. The van der Waals surface area contributed by atoms with Crippen LogP contribution in [0.2, 0.25) is 0 Å². The van der Waals surface area contributed by atoms with Crippen LogP contribution in [0.5, 0.6) is 6.01 Å². The molecular formula is C16H14N2O5. The molecule has 1 saturated heterocycles.